The summed E-state index contributed by atoms with van der Waals surface area (Å²) in [4.78, 5) is 34.0. The van der Waals surface area contributed by atoms with Gasteiger partial charge in [0.1, 0.15) is 22.1 Å². The lowest BCUT2D eigenvalue weighted by atomic mass is 10.0. The maximum Gasteiger partial charge on any atom is 0.411 e. The zero-order chi connectivity index (χ0) is 20.9. The third-order valence-corrected chi connectivity index (χ3v) is 5.66. The first-order chi connectivity index (χ1) is 12.9. The highest BCUT2D eigenvalue weighted by molar-refractivity contribution is 9.10. The molecule has 3 rings (SSSR count). The molecule has 1 aliphatic heterocycles. The van der Waals surface area contributed by atoms with E-state index in [0.29, 0.717) is 23.4 Å². The van der Waals surface area contributed by atoms with E-state index in [1.165, 1.54) is 0 Å². The molecule has 2 aliphatic rings. The van der Waals surface area contributed by atoms with E-state index in [-0.39, 0.29) is 17.4 Å². The predicted molar refractivity (Wildman–Crippen MR) is 111 cm³/mol. The summed E-state index contributed by atoms with van der Waals surface area (Å²) in [5.74, 6) is 0.299. The molecule has 1 saturated carbocycles. The molecule has 1 aromatic heterocycles. The molecular formula is C20H29BrN4O3. The number of carbonyl (C=O) groups excluding carboxylic acids is 2. The van der Waals surface area contributed by atoms with Crippen LogP contribution in [0.25, 0.3) is 0 Å². The molecule has 0 bridgehead atoms. The Balaban J connectivity index is 1.80. The summed E-state index contributed by atoms with van der Waals surface area (Å²) < 4.78 is 6.22. The SMILES string of the molecule is CN(C)Cc1ccc(Br)nc1NC(=O)[C@@H]1C[C@@]2(C)C[C@H]2N1C(=O)OC(C)(C)C. The summed E-state index contributed by atoms with van der Waals surface area (Å²) in [7, 11) is 3.92. The Labute approximate surface area is 174 Å². The Morgan fingerprint density at radius 1 is 1.36 bits per heavy atom. The summed E-state index contributed by atoms with van der Waals surface area (Å²) in [5.41, 5.74) is 0.312. The van der Waals surface area contributed by atoms with Gasteiger partial charge in [-0.1, -0.05) is 13.0 Å². The van der Waals surface area contributed by atoms with Crippen molar-refractivity contribution in [1.29, 1.82) is 0 Å². The van der Waals surface area contributed by atoms with E-state index in [1.807, 2.05) is 51.9 Å². The van der Waals surface area contributed by atoms with Gasteiger partial charge < -0.3 is 15.0 Å². The van der Waals surface area contributed by atoms with Crippen molar-refractivity contribution in [3.63, 3.8) is 0 Å². The van der Waals surface area contributed by atoms with E-state index in [2.05, 4.69) is 33.2 Å². The average Bonchev–Trinajstić information content (AvgIpc) is 3.08. The fourth-order valence-electron chi connectivity index (χ4n) is 3.82. The van der Waals surface area contributed by atoms with Crippen molar-refractivity contribution < 1.29 is 14.3 Å². The fraction of sp³-hybridized carbons (Fsp3) is 0.650. The first-order valence-electron chi connectivity index (χ1n) is 9.52. The largest absolute Gasteiger partial charge is 0.444 e. The Morgan fingerprint density at radius 2 is 2.04 bits per heavy atom. The Kier molecular flexibility index (Phi) is 5.49. The molecule has 1 saturated heterocycles. The van der Waals surface area contributed by atoms with Crippen molar-refractivity contribution in [2.75, 3.05) is 19.4 Å². The molecule has 28 heavy (non-hydrogen) atoms. The van der Waals surface area contributed by atoms with Gasteiger partial charge in [0.25, 0.3) is 0 Å². The van der Waals surface area contributed by atoms with E-state index in [4.69, 9.17) is 4.74 Å². The van der Waals surface area contributed by atoms with Gasteiger partial charge in [-0.3, -0.25) is 9.69 Å². The number of pyridine rings is 1. The highest BCUT2D eigenvalue weighted by atomic mass is 79.9. The molecule has 0 spiro atoms. The van der Waals surface area contributed by atoms with Crippen molar-refractivity contribution in [2.24, 2.45) is 5.41 Å². The second kappa shape index (κ2) is 7.30. The molecule has 2 fully saturated rings. The second-order valence-corrected chi connectivity index (χ2v) is 10.2. The van der Waals surface area contributed by atoms with Crippen LogP contribution in [0.5, 0.6) is 0 Å². The van der Waals surface area contributed by atoms with Crippen molar-refractivity contribution in [2.45, 2.75) is 64.8 Å². The molecule has 2 heterocycles. The number of rotatable bonds is 4. The van der Waals surface area contributed by atoms with Crippen LogP contribution in [-0.2, 0) is 16.1 Å². The van der Waals surface area contributed by atoms with Crippen LogP contribution in [0.3, 0.4) is 0 Å². The van der Waals surface area contributed by atoms with Crippen molar-refractivity contribution in [3.8, 4) is 0 Å². The number of anilines is 1. The van der Waals surface area contributed by atoms with Gasteiger partial charge in [0.2, 0.25) is 5.91 Å². The number of nitrogens with one attached hydrogen (secondary N) is 1. The van der Waals surface area contributed by atoms with Gasteiger partial charge in [-0.05, 0) is 75.1 Å². The molecule has 0 unspecified atom stereocenters. The van der Waals surface area contributed by atoms with Crippen LogP contribution in [0.2, 0.25) is 0 Å². The monoisotopic (exact) mass is 452 g/mol. The normalized spacial score (nSPS) is 26.2. The number of piperidine rings is 1. The Morgan fingerprint density at radius 3 is 2.64 bits per heavy atom. The zero-order valence-electron chi connectivity index (χ0n) is 17.4. The lowest BCUT2D eigenvalue weighted by Gasteiger charge is -2.30. The standard InChI is InChI=1S/C20H29BrN4O3/c1-19(2,3)28-18(27)25-13(9-20(4)10-14(20)25)17(26)23-16-12(11-24(5)6)7-8-15(21)22-16/h7-8,13-14H,9-11H2,1-6H3,(H,22,23,26)/t13-,14+,20-/m0/s1. The average molecular weight is 453 g/mol. The fourth-order valence-corrected chi connectivity index (χ4v) is 4.13. The van der Waals surface area contributed by atoms with E-state index in [9.17, 15) is 9.59 Å². The van der Waals surface area contributed by atoms with Crippen molar-refractivity contribution in [1.82, 2.24) is 14.8 Å². The van der Waals surface area contributed by atoms with E-state index < -0.39 is 17.7 Å². The van der Waals surface area contributed by atoms with Crippen molar-refractivity contribution in [3.05, 3.63) is 22.3 Å². The molecule has 154 valence electrons. The van der Waals surface area contributed by atoms with Crippen molar-refractivity contribution >= 4 is 33.7 Å². The highest BCUT2D eigenvalue weighted by Crippen LogP contribution is 2.59. The van der Waals surface area contributed by atoms with E-state index in [1.54, 1.807) is 4.90 Å². The second-order valence-electron chi connectivity index (χ2n) is 9.35. The van der Waals surface area contributed by atoms with Crippen LogP contribution < -0.4 is 5.32 Å². The lowest BCUT2D eigenvalue weighted by Crippen LogP contribution is -2.47. The van der Waals surface area contributed by atoms with Crippen LogP contribution in [0.15, 0.2) is 16.7 Å². The number of nitrogens with zero attached hydrogens (tertiary/aromatic N) is 3. The molecule has 2 amide bonds. The Hall–Kier alpha value is -1.67. The molecule has 8 heteroatoms. The van der Waals surface area contributed by atoms with Gasteiger partial charge in [0, 0.05) is 18.2 Å². The van der Waals surface area contributed by atoms with Gasteiger partial charge in [0.05, 0.1) is 0 Å². The number of ether oxygens (including phenoxy) is 1. The first-order valence-corrected chi connectivity index (χ1v) is 10.3. The number of halogens is 1. The summed E-state index contributed by atoms with van der Waals surface area (Å²) in [6.45, 7) is 8.27. The predicted octanol–water partition coefficient (Wildman–Crippen LogP) is 3.63. The Bertz CT molecular complexity index is 792. The molecule has 7 nitrogen and oxygen atoms in total. The minimum Gasteiger partial charge on any atom is -0.444 e. The van der Waals surface area contributed by atoms with E-state index in [0.717, 1.165) is 12.0 Å². The molecular weight excluding hydrogens is 424 g/mol. The smallest absolute Gasteiger partial charge is 0.411 e. The van der Waals surface area contributed by atoms with Gasteiger partial charge >= 0.3 is 6.09 Å². The van der Waals surface area contributed by atoms with Crippen LogP contribution in [0, 0.1) is 5.41 Å². The molecule has 1 aromatic rings. The number of carbonyl (C=O) groups is 2. The number of amides is 2. The number of aromatic nitrogens is 1. The zero-order valence-corrected chi connectivity index (χ0v) is 19.0. The third kappa shape index (κ3) is 4.49. The minimum atomic E-state index is -0.600. The number of likely N-dealkylation sites (tertiary alicyclic amines) is 1. The summed E-state index contributed by atoms with van der Waals surface area (Å²) in [6, 6.07) is 3.31. The van der Waals surface area contributed by atoms with Crippen LogP contribution >= 0.6 is 15.9 Å². The van der Waals surface area contributed by atoms with Crippen LogP contribution in [0.1, 0.15) is 46.1 Å². The maximum absolute atomic E-state index is 13.1. The molecule has 1 aliphatic carbocycles. The molecule has 3 atom stereocenters. The maximum atomic E-state index is 13.1. The van der Waals surface area contributed by atoms with Crippen LogP contribution in [0.4, 0.5) is 10.6 Å². The first kappa shape index (κ1) is 21.0. The topological polar surface area (TPSA) is 74.8 Å². The molecule has 0 aromatic carbocycles. The van der Waals surface area contributed by atoms with Gasteiger partial charge in [-0.2, -0.15) is 0 Å². The minimum absolute atomic E-state index is 0.00389. The van der Waals surface area contributed by atoms with Crippen LogP contribution in [-0.4, -0.2) is 58.6 Å². The van der Waals surface area contributed by atoms with Gasteiger partial charge in [0.15, 0.2) is 0 Å². The summed E-state index contributed by atoms with van der Waals surface area (Å²) in [5, 5.41) is 2.95. The number of hydrogen-bond acceptors (Lipinski definition) is 5. The highest BCUT2D eigenvalue weighted by Gasteiger charge is 2.65. The molecule has 1 N–H and O–H groups in total. The third-order valence-electron chi connectivity index (χ3n) is 5.22. The van der Waals surface area contributed by atoms with Gasteiger partial charge in [-0.25, -0.2) is 9.78 Å². The van der Waals surface area contributed by atoms with E-state index >= 15 is 0 Å². The number of hydrogen-bond donors (Lipinski definition) is 1. The number of fused-ring (bicyclic) bond motifs is 1. The summed E-state index contributed by atoms with van der Waals surface area (Å²) >= 11 is 3.37. The molecule has 0 radical (unpaired) electrons. The lowest BCUT2D eigenvalue weighted by molar-refractivity contribution is -0.121. The van der Waals surface area contributed by atoms with Gasteiger partial charge in [-0.15, -0.1) is 0 Å². The quantitative estimate of drug-likeness (QED) is 0.705. The summed E-state index contributed by atoms with van der Waals surface area (Å²) in [6.07, 6.45) is 1.13.